The minimum absolute atomic E-state index is 0.293. The first-order chi connectivity index (χ1) is 13.4. The molecule has 3 rings (SSSR count). The van der Waals surface area contributed by atoms with E-state index in [1.165, 1.54) is 12.1 Å². The van der Waals surface area contributed by atoms with Crippen LogP contribution in [0, 0.1) is 19.7 Å². The molecule has 0 spiro atoms. The van der Waals surface area contributed by atoms with E-state index >= 15 is 0 Å². The van der Waals surface area contributed by atoms with E-state index in [-0.39, 0.29) is 11.2 Å². The molecule has 0 unspecified atom stereocenters. The van der Waals surface area contributed by atoms with Gasteiger partial charge in [-0.05, 0) is 61.6 Å². The molecule has 1 aliphatic rings. The Labute approximate surface area is 164 Å². The summed E-state index contributed by atoms with van der Waals surface area (Å²) in [5.74, 6) is -1.69. The molecule has 0 radical (unpaired) electrons. The third-order valence-corrected chi connectivity index (χ3v) is 5.55. The van der Waals surface area contributed by atoms with Crippen LogP contribution < -0.4 is 10.6 Å². The predicted octanol–water partition coefficient (Wildman–Crippen LogP) is 3.25. The highest BCUT2D eigenvalue weighted by atomic mass is 19.1. The minimum atomic E-state index is -0.699. The topological polar surface area (TPSA) is 67.4 Å². The zero-order valence-corrected chi connectivity index (χ0v) is 16.2. The van der Waals surface area contributed by atoms with Crippen LogP contribution in [0.3, 0.4) is 0 Å². The van der Waals surface area contributed by atoms with Gasteiger partial charge in [-0.2, -0.15) is 0 Å². The summed E-state index contributed by atoms with van der Waals surface area (Å²) in [7, 11) is 0. The summed E-state index contributed by atoms with van der Waals surface area (Å²) in [6.07, 6.45) is 1.38. The van der Waals surface area contributed by atoms with Crippen LogP contribution in [0.4, 0.5) is 10.1 Å². The highest BCUT2D eigenvalue weighted by Gasteiger charge is 2.35. The fraction of sp³-hybridized carbons (Fsp3) is 0.364. The van der Waals surface area contributed by atoms with Crippen molar-refractivity contribution in [1.29, 1.82) is 0 Å². The molecule has 0 saturated carbocycles. The monoisotopic (exact) mass is 384 g/mol. The van der Waals surface area contributed by atoms with Gasteiger partial charge in [0, 0.05) is 30.9 Å². The third-order valence-electron chi connectivity index (χ3n) is 5.55. The number of halogens is 1. The van der Waals surface area contributed by atoms with Gasteiger partial charge in [0.05, 0.1) is 0 Å². The normalized spacial score (nSPS) is 15.7. The van der Waals surface area contributed by atoms with E-state index in [4.69, 9.17) is 4.74 Å². The molecule has 0 aliphatic carbocycles. The van der Waals surface area contributed by atoms with Crippen LogP contribution in [0.25, 0.3) is 0 Å². The van der Waals surface area contributed by atoms with Crippen LogP contribution in [0.1, 0.15) is 29.5 Å². The molecule has 0 bridgehead atoms. The Hall–Kier alpha value is -2.73. The molecule has 6 heteroatoms. The summed E-state index contributed by atoms with van der Waals surface area (Å²) in [4.78, 5) is 24.7. The number of carbonyl (C=O) groups is 2. The summed E-state index contributed by atoms with van der Waals surface area (Å²) in [5.41, 5.74) is 3.15. The Morgan fingerprint density at radius 2 is 1.71 bits per heavy atom. The zero-order chi connectivity index (χ0) is 20.1. The highest BCUT2D eigenvalue weighted by molar-refractivity contribution is 6.39. The number of hydrogen-bond acceptors (Lipinski definition) is 3. The molecular formula is C22H25FN2O3. The zero-order valence-electron chi connectivity index (χ0n) is 16.2. The first kappa shape index (κ1) is 20.0. The molecule has 0 aromatic heterocycles. The van der Waals surface area contributed by atoms with Crippen LogP contribution in [0.5, 0.6) is 0 Å². The highest BCUT2D eigenvalue weighted by Crippen LogP contribution is 2.34. The van der Waals surface area contributed by atoms with Gasteiger partial charge in [-0.3, -0.25) is 9.59 Å². The predicted molar refractivity (Wildman–Crippen MR) is 106 cm³/mol. The van der Waals surface area contributed by atoms with Gasteiger partial charge < -0.3 is 15.4 Å². The minimum Gasteiger partial charge on any atom is -0.381 e. The molecule has 0 atom stereocenters. The van der Waals surface area contributed by atoms with E-state index in [1.807, 2.05) is 26.0 Å². The molecule has 148 valence electrons. The van der Waals surface area contributed by atoms with Crippen LogP contribution >= 0.6 is 0 Å². The van der Waals surface area contributed by atoms with Gasteiger partial charge in [-0.1, -0.05) is 24.3 Å². The number of aryl methyl sites for hydroxylation is 1. The fourth-order valence-electron chi connectivity index (χ4n) is 3.53. The summed E-state index contributed by atoms with van der Waals surface area (Å²) in [6.45, 7) is 5.25. The standard InChI is InChI=1S/C22H25FN2O3/c1-15-4-3-5-19(16(15)2)25-21(27)20(26)24-14-22(10-12-28-13-11-22)17-6-8-18(23)9-7-17/h3-9H,10-14H2,1-2H3,(H,24,26)(H,25,27). The molecule has 1 fully saturated rings. The van der Waals surface area contributed by atoms with Crippen molar-refractivity contribution in [3.05, 3.63) is 65.0 Å². The SMILES string of the molecule is Cc1cccc(NC(=O)C(=O)NCC2(c3ccc(F)cc3)CCOCC2)c1C. The molecule has 28 heavy (non-hydrogen) atoms. The van der Waals surface area contributed by atoms with Crippen molar-refractivity contribution in [2.75, 3.05) is 25.1 Å². The fourth-order valence-corrected chi connectivity index (χ4v) is 3.53. The Bertz CT molecular complexity index is 859. The molecule has 2 N–H and O–H groups in total. The van der Waals surface area contributed by atoms with Crippen molar-refractivity contribution in [2.24, 2.45) is 0 Å². The number of carbonyl (C=O) groups excluding carboxylic acids is 2. The molecule has 2 amide bonds. The molecule has 1 aliphatic heterocycles. The lowest BCUT2D eigenvalue weighted by molar-refractivity contribution is -0.136. The smallest absolute Gasteiger partial charge is 0.313 e. The van der Waals surface area contributed by atoms with Crippen LogP contribution in [0.2, 0.25) is 0 Å². The molecule has 2 aromatic carbocycles. The maximum atomic E-state index is 13.3. The summed E-state index contributed by atoms with van der Waals surface area (Å²) >= 11 is 0. The van der Waals surface area contributed by atoms with Gasteiger partial charge in [0.1, 0.15) is 5.82 Å². The van der Waals surface area contributed by atoms with Crippen LogP contribution in [0.15, 0.2) is 42.5 Å². The Balaban J connectivity index is 1.69. The van der Waals surface area contributed by atoms with E-state index < -0.39 is 11.8 Å². The lowest BCUT2D eigenvalue weighted by Crippen LogP contribution is -2.47. The summed E-state index contributed by atoms with van der Waals surface area (Å²) < 4.78 is 18.8. The maximum absolute atomic E-state index is 13.3. The van der Waals surface area contributed by atoms with Crippen LogP contribution in [-0.2, 0) is 19.7 Å². The molecule has 1 saturated heterocycles. The molecule has 1 heterocycles. The molecule has 2 aromatic rings. The number of benzene rings is 2. The first-order valence-electron chi connectivity index (χ1n) is 9.40. The van der Waals surface area contributed by atoms with E-state index in [0.29, 0.717) is 38.3 Å². The number of hydrogen-bond donors (Lipinski definition) is 2. The van der Waals surface area contributed by atoms with Crippen molar-refractivity contribution >= 4 is 17.5 Å². The van der Waals surface area contributed by atoms with Crippen molar-refractivity contribution in [2.45, 2.75) is 32.1 Å². The van der Waals surface area contributed by atoms with Gasteiger partial charge in [-0.15, -0.1) is 0 Å². The van der Waals surface area contributed by atoms with Crippen molar-refractivity contribution in [1.82, 2.24) is 5.32 Å². The van der Waals surface area contributed by atoms with E-state index in [1.54, 1.807) is 18.2 Å². The second kappa shape index (κ2) is 8.52. The van der Waals surface area contributed by atoms with Crippen molar-refractivity contribution in [3.63, 3.8) is 0 Å². The lowest BCUT2D eigenvalue weighted by atomic mass is 9.74. The Kier molecular flexibility index (Phi) is 6.09. The second-order valence-corrected chi connectivity index (χ2v) is 7.28. The lowest BCUT2D eigenvalue weighted by Gasteiger charge is -2.37. The van der Waals surface area contributed by atoms with Crippen molar-refractivity contribution < 1.29 is 18.7 Å². The second-order valence-electron chi connectivity index (χ2n) is 7.28. The number of rotatable bonds is 4. The van der Waals surface area contributed by atoms with E-state index in [9.17, 15) is 14.0 Å². The molecular weight excluding hydrogens is 359 g/mol. The summed E-state index contributed by atoms with van der Waals surface area (Å²) in [6, 6.07) is 11.9. The van der Waals surface area contributed by atoms with Gasteiger partial charge in [0.15, 0.2) is 0 Å². The van der Waals surface area contributed by atoms with Crippen LogP contribution in [-0.4, -0.2) is 31.6 Å². The van der Waals surface area contributed by atoms with Gasteiger partial charge in [-0.25, -0.2) is 4.39 Å². The first-order valence-corrected chi connectivity index (χ1v) is 9.40. The number of nitrogens with one attached hydrogen (secondary N) is 2. The van der Waals surface area contributed by atoms with E-state index in [2.05, 4.69) is 10.6 Å². The Morgan fingerprint density at radius 1 is 1.04 bits per heavy atom. The van der Waals surface area contributed by atoms with Gasteiger partial charge >= 0.3 is 11.8 Å². The average Bonchev–Trinajstić information content (AvgIpc) is 2.70. The number of ether oxygens (including phenoxy) is 1. The maximum Gasteiger partial charge on any atom is 0.313 e. The van der Waals surface area contributed by atoms with Gasteiger partial charge in [0.2, 0.25) is 0 Å². The van der Waals surface area contributed by atoms with Crippen molar-refractivity contribution in [3.8, 4) is 0 Å². The quantitative estimate of drug-likeness (QED) is 0.796. The summed E-state index contributed by atoms with van der Waals surface area (Å²) in [5, 5.41) is 5.43. The average molecular weight is 384 g/mol. The largest absolute Gasteiger partial charge is 0.381 e. The number of anilines is 1. The number of amides is 2. The Morgan fingerprint density at radius 3 is 2.39 bits per heavy atom. The van der Waals surface area contributed by atoms with Gasteiger partial charge in [0.25, 0.3) is 0 Å². The third kappa shape index (κ3) is 4.39. The van der Waals surface area contributed by atoms with E-state index in [0.717, 1.165) is 16.7 Å². The molecule has 5 nitrogen and oxygen atoms in total.